The lowest BCUT2D eigenvalue weighted by Gasteiger charge is -2.34. The summed E-state index contributed by atoms with van der Waals surface area (Å²) >= 11 is 0. The molecule has 9 heteroatoms. The monoisotopic (exact) mass is 470 g/mol. The highest BCUT2D eigenvalue weighted by molar-refractivity contribution is 7.91. The van der Waals surface area contributed by atoms with E-state index in [1.165, 1.54) is 0 Å². The van der Waals surface area contributed by atoms with E-state index in [-0.39, 0.29) is 29.2 Å². The lowest BCUT2D eigenvalue weighted by atomic mass is 9.96. The van der Waals surface area contributed by atoms with Crippen LogP contribution in [0.4, 0.5) is 11.4 Å². The van der Waals surface area contributed by atoms with Crippen molar-refractivity contribution in [1.29, 1.82) is 0 Å². The first-order chi connectivity index (χ1) is 15.8. The molecule has 33 heavy (non-hydrogen) atoms. The minimum Gasteiger partial charge on any atom is -0.371 e. The van der Waals surface area contributed by atoms with Crippen molar-refractivity contribution in [2.75, 3.05) is 47.9 Å². The first-order valence-electron chi connectivity index (χ1n) is 11.3. The zero-order valence-electron chi connectivity index (χ0n) is 18.5. The first kappa shape index (κ1) is 23.3. The van der Waals surface area contributed by atoms with Crippen LogP contribution in [0, 0.1) is 5.92 Å². The number of sulfone groups is 1. The van der Waals surface area contributed by atoms with Crippen molar-refractivity contribution in [1.82, 2.24) is 4.90 Å². The van der Waals surface area contributed by atoms with Crippen molar-refractivity contribution in [2.24, 2.45) is 11.7 Å². The van der Waals surface area contributed by atoms with Crippen LogP contribution in [0.3, 0.4) is 0 Å². The Morgan fingerprint density at radius 2 is 1.52 bits per heavy atom. The Labute approximate surface area is 194 Å². The molecule has 2 aromatic rings. The van der Waals surface area contributed by atoms with Crippen molar-refractivity contribution in [3.05, 3.63) is 60.2 Å². The molecule has 2 fully saturated rings. The number of hydrogen-bond acceptors (Lipinski definition) is 6. The Hall–Kier alpha value is -2.91. The molecule has 0 bridgehead atoms. The van der Waals surface area contributed by atoms with E-state index in [1.807, 2.05) is 59.5 Å². The van der Waals surface area contributed by atoms with Crippen LogP contribution in [0.5, 0.6) is 0 Å². The van der Waals surface area contributed by atoms with Crippen LogP contribution in [-0.4, -0.2) is 62.8 Å². The van der Waals surface area contributed by atoms with Crippen molar-refractivity contribution in [3.63, 3.8) is 0 Å². The number of amides is 2. The summed E-state index contributed by atoms with van der Waals surface area (Å²) in [5, 5.41) is 3.00. The molecular formula is C24H30N4O4S. The number of nitrogens with zero attached hydrogens (tertiary/aromatic N) is 2. The van der Waals surface area contributed by atoms with Gasteiger partial charge in [-0.25, -0.2) is 8.42 Å². The van der Waals surface area contributed by atoms with Gasteiger partial charge in [0.05, 0.1) is 11.5 Å². The third-order valence-electron chi connectivity index (χ3n) is 6.51. The Morgan fingerprint density at radius 3 is 2.09 bits per heavy atom. The van der Waals surface area contributed by atoms with Gasteiger partial charge in [0.2, 0.25) is 11.8 Å². The van der Waals surface area contributed by atoms with E-state index in [0.717, 1.165) is 37.2 Å². The number of benzene rings is 2. The minimum absolute atomic E-state index is 0.0560. The van der Waals surface area contributed by atoms with Gasteiger partial charge in [0.25, 0.3) is 0 Å². The molecule has 2 aromatic carbocycles. The summed E-state index contributed by atoms with van der Waals surface area (Å²) in [6, 6.07) is 16.6. The maximum Gasteiger partial charge on any atom is 0.246 e. The van der Waals surface area contributed by atoms with Gasteiger partial charge in [0.1, 0.15) is 6.04 Å². The summed E-state index contributed by atoms with van der Waals surface area (Å²) in [5.74, 6) is -0.350. The predicted molar refractivity (Wildman–Crippen MR) is 129 cm³/mol. The summed E-state index contributed by atoms with van der Waals surface area (Å²) in [6.07, 6.45) is 1.50. The van der Waals surface area contributed by atoms with Crippen LogP contribution >= 0.6 is 0 Å². The van der Waals surface area contributed by atoms with E-state index < -0.39 is 15.9 Å². The predicted octanol–water partition coefficient (Wildman–Crippen LogP) is 1.80. The lowest BCUT2D eigenvalue weighted by molar-refractivity contribution is -0.122. The lowest BCUT2D eigenvalue weighted by Crippen LogP contribution is -2.46. The minimum atomic E-state index is -3.04. The molecule has 1 unspecified atom stereocenters. The van der Waals surface area contributed by atoms with Gasteiger partial charge in [-0.1, -0.05) is 30.3 Å². The van der Waals surface area contributed by atoms with Gasteiger partial charge in [-0.2, -0.15) is 0 Å². The van der Waals surface area contributed by atoms with Gasteiger partial charge in [-0.3, -0.25) is 14.5 Å². The van der Waals surface area contributed by atoms with E-state index >= 15 is 0 Å². The highest BCUT2D eigenvalue weighted by atomic mass is 32.2. The quantitative estimate of drug-likeness (QED) is 0.666. The number of piperidine rings is 1. The fourth-order valence-corrected chi connectivity index (χ4v) is 5.77. The summed E-state index contributed by atoms with van der Waals surface area (Å²) in [4.78, 5) is 28.8. The van der Waals surface area contributed by atoms with E-state index in [4.69, 9.17) is 5.73 Å². The third-order valence-corrected chi connectivity index (χ3v) is 8.11. The van der Waals surface area contributed by atoms with Crippen LogP contribution in [-0.2, 0) is 19.4 Å². The van der Waals surface area contributed by atoms with Crippen LogP contribution in [0.1, 0.15) is 24.4 Å². The average Bonchev–Trinajstić information content (AvgIpc) is 2.81. The van der Waals surface area contributed by atoms with Crippen molar-refractivity contribution in [2.45, 2.75) is 18.9 Å². The highest BCUT2D eigenvalue weighted by Gasteiger charge is 2.32. The SMILES string of the molecule is NC(=O)C1CCN(c2ccc(NC(=O)C(c3ccccc3)N3CCS(=O)(=O)CC3)cc2)CC1. The number of hydrogen-bond donors (Lipinski definition) is 2. The number of anilines is 2. The van der Waals surface area contributed by atoms with Crippen molar-refractivity contribution >= 4 is 33.0 Å². The van der Waals surface area contributed by atoms with Gasteiger partial charge in [0, 0.05) is 43.5 Å². The fraction of sp³-hybridized carbons (Fsp3) is 0.417. The largest absolute Gasteiger partial charge is 0.371 e. The molecule has 3 N–H and O–H groups in total. The van der Waals surface area contributed by atoms with Crippen molar-refractivity contribution in [3.8, 4) is 0 Å². The second-order valence-electron chi connectivity index (χ2n) is 8.70. The normalized spacial score (nSPS) is 20.2. The van der Waals surface area contributed by atoms with E-state index in [9.17, 15) is 18.0 Å². The molecule has 1 atom stereocenters. The Morgan fingerprint density at radius 1 is 0.909 bits per heavy atom. The van der Waals surface area contributed by atoms with Gasteiger partial charge < -0.3 is 16.0 Å². The number of carbonyl (C=O) groups is 2. The first-order valence-corrected chi connectivity index (χ1v) is 13.1. The molecule has 176 valence electrons. The van der Waals surface area contributed by atoms with Gasteiger partial charge in [-0.15, -0.1) is 0 Å². The summed E-state index contributed by atoms with van der Waals surface area (Å²) in [5.41, 5.74) is 7.98. The molecule has 2 aliphatic rings. The van der Waals surface area contributed by atoms with Crippen LogP contribution in [0.25, 0.3) is 0 Å². The summed E-state index contributed by atoms with van der Waals surface area (Å²) < 4.78 is 23.8. The molecule has 2 amide bonds. The number of primary amides is 1. The zero-order valence-corrected chi connectivity index (χ0v) is 19.3. The molecule has 2 saturated heterocycles. The molecule has 4 rings (SSSR count). The van der Waals surface area contributed by atoms with E-state index in [2.05, 4.69) is 10.2 Å². The Bertz CT molecular complexity index is 1070. The van der Waals surface area contributed by atoms with Crippen LogP contribution in [0.15, 0.2) is 54.6 Å². The molecule has 8 nitrogen and oxygen atoms in total. The zero-order chi connectivity index (χ0) is 23.4. The average molecular weight is 471 g/mol. The van der Waals surface area contributed by atoms with Gasteiger partial charge in [0.15, 0.2) is 9.84 Å². The number of rotatable bonds is 6. The number of carbonyl (C=O) groups excluding carboxylic acids is 2. The molecule has 0 spiro atoms. The van der Waals surface area contributed by atoms with Crippen molar-refractivity contribution < 1.29 is 18.0 Å². The molecule has 0 radical (unpaired) electrons. The topological polar surface area (TPSA) is 113 Å². The summed E-state index contributed by atoms with van der Waals surface area (Å²) in [7, 11) is -3.04. The Balaban J connectivity index is 1.44. The van der Waals surface area contributed by atoms with Gasteiger partial charge in [-0.05, 0) is 42.7 Å². The second kappa shape index (κ2) is 9.93. The van der Waals surface area contributed by atoms with Crippen LogP contribution < -0.4 is 16.0 Å². The maximum atomic E-state index is 13.3. The second-order valence-corrected chi connectivity index (χ2v) is 11.0. The standard InChI is InChI=1S/C24H30N4O4S/c25-23(29)19-10-12-27(13-11-19)21-8-6-20(7-9-21)26-24(30)22(18-4-2-1-3-5-18)28-14-16-33(31,32)17-15-28/h1-9,19,22H,10-17H2,(H2,25,29)(H,26,30). The Kier molecular flexibility index (Phi) is 6.99. The molecule has 0 aliphatic carbocycles. The highest BCUT2D eigenvalue weighted by Crippen LogP contribution is 2.27. The number of nitrogens with one attached hydrogen (secondary N) is 1. The van der Waals surface area contributed by atoms with Gasteiger partial charge >= 0.3 is 0 Å². The van der Waals surface area contributed by atoms with Crippen LogP contribution in [0.2, 0.25) is 0 Å². The number of nitrogens with two attached hydrogens (primary N) is 1. The summed E-state index contributed by atoms with van der Waals surface area (Å²) in [6.45, 7) is 2.20. The van der Waals surface area contributed by atoms with E-state index in [1.54, 1.807) is 0 Å². The molecule has 2 aliphatic heterocycles. The third kappa shape index (κ3) is 5.72. The fourth-order valence-electron chi connectivity index (χ4n) is 4.54. The molecule has 0 saturated carbocycles. The molecule has 0 aromatic heterocycles. The van der Waals surface area contributed by atoms with E-state index in [0.29, 0.717) is 18.8 Å². The smallest absolute Gasteiger partial charge is 0.246 e. The maximum absolute atomic E-state index is 13.3. The molecule has 2 heterocycles. The molecular weight excluding hydrogens is 440 g/mol.